The Hall–Kier alpha value is -3.31. The second-order valence-electron chi connectivity index (χ2n) is 9.42. The highest BCUT2D eigenvalue weighted by atomic mass is 16.5. The van der Waals surface area contributed by atoms with Gasteiger partial charge in [0.2, 0.25) is 0 Å². The van der Waals surface area contributed by atoms with Gasteiger partial charge in [0.1, 0.15) is 17.9 Å². The number of esters is 1. The number of rotatable bonds is 12. The summed E-state index contributed by atoms with van der Waals surface area (Å²) in [5.41, 5.74) is 5.78. The predicted molar refractivity (Wildman–Crippen MR) is 143 cm³/mol. The third-order valence-electron chi connectivity index (χ3n) is 6.10. The van der Waals surface area contributed by atoms with E-state index in [0.29, 0.717) is 24.8 Å². The van der Waals surface area contributed by atoms with E-state index in [2.05, 4.69) is 56.5 Å². The highest BCUT2D eigenvalue weighted by molar-refractivity contribution is 5.92. The Labute approximate surface area is 209 Å². The van der Waals surface area contributed by atoms with Crippen LogP contribution >= 0.6 is 0 Å². The molecule has 3 aromatic carbocycles. The van der Waals surface area contributed by atoms with Gasteiger partial charge in [0.15, 0.2) is 0 Å². The molecule has 0 saturated carbocycles. The van der Waals surface area contributed by atoms with Crippen molar-refractivity contribution in [2.24, 2.45) is 0 Å². The summed E-state index contributed by atoms with van der Waals surface area (Å²) in [6.07, 6.45) is 0.617. The Morgan fingerprint density at radius 3 is 2.14 bits per heavy atom. The molecule has 0 radical (unpaired) electrons. The largest absolute Gasteiger partial charge is 0.507 e. The van der Waals surface area contributed by atoms with Crippen molar-refractivity contribution in [3.05, 3.63) is 94.5 Å². The number of ether oxygens (including phenoxy) is 1. The first-order valence-corrected chi connectivity index (χ1v) is 12.5. The number of carbonyl (C=O) groups excluding carboxylic acids is 1. The summed E-state index contributed by atoms with van der Waals surface area (Å²) in [6.45, 7) is 11.4. The first-order chi connectivity index (χ1) is 16.9. The quantitative estimate of drug-likeness (QED) is 0.214. The maximum atomic E-state index is 12.5. The summed E-state index contributed by atoms with van der Waals surface area (Å²) in [5.74, 6) is 0.394. The fraction of sp³-hybridized carbons (Fsp3) is 0.367. The van der Waals surface area contributed by atoms with Crippen LogP contribution in [0.15, 0.2) is 66.7 Å². The maximum absolute atomic E-state index is 12.5. The van der Waals surface area contributed by atoms with E-state index >= 15 is 0 Å². The third kappa shape index (κ3) is 7.33. The molecular formula is C30H38N2O3. The highest BCUT2D eigenvalue weighted by Gasteiger charge is 2.16. The lowest BCUT2D eigenvalue weighted by Crippen LogP contribution is -2.25. The van der Waals surface area contributed by atoms with Gasteiger partial charge < -0.3 is 20.5 Å². The van der Waals surface area contributed by atoms with Gasteiger partial charge in [-0.1, -0.05) is 88.4 Å². The van der Waals surface area contributed by atoms with Gasteiger partial charge in [-0.25, -0.2) is 4.79 Å². The van der Waals surface area contributed by atoms with Gasteiger partial charge in [-0.3, -0.25) is 0 Å². The van der Waals surface area contributed by atoms with Gasteiger partial charge in [-0.2, -0.15) is 0 Å². The second-order valence-corrected chi connectivity index (χ2v) is 9.42. The molecule has 3 aromatic rings. The molecule has 0 aliphatic heterocycles. The number of aromatic hydroxyl groups is 1. The zero-order valence-electron chi connectivity index (χ0n) is 21.3. The van der Waals surface area contributed by atoms with Crippen molar-refractivity contribution in [2.45, 2.75) is 52.6 Å². The van der Waals surface area contributed by atoms with Gasteiger partial charge in [0.25, 0.3) is 0 Å². The summed E-state index contributed by atoms with van der Waals surface area (Å²) < 4.78 is 5.38. The predicted octanol–water partition coefficient (Wildman–Crippen LogP) is 6.24. The van der Waals surface area contributed by atoms with Gasteiger partial charge in [0, 0.05) is 18.8 Å². The number of hydrogen-bond donors (Lipinski definition) is 3. The van der Waals surface area contributed by atoms with Crippen LogP contribution in [-0.2, 0) is 17.8 Å². The van der Waals surface area contributed by atoms with Gasteiger partial charge in [-0.05, 0) is 53.1 Å². The van der Waals surface area contributed by atoms with Crippen molar-refractivity contribution in [1.82, 2.24) is 5.32 Å². The third-order valence-corrected chi connectivity index (χ3v) is 6.10. The molecule has 0 fully saturated rings. The first kappa shape index (κ1) is 26.3. The molecule has 3 N–H and O–H groups in total. The fourth-order valence-electron chi connectivity index (χ4n) is 4.14. The Bertz CT molecular complexity index is 1070. The molecule has 0 amide bonds. The number of para-hydroxylation sites is 2. The molecular weight excluding hydrogens is 436 g/mol. The van der Waals surface area contributed by atoms with Crippen molar-refractivity contribution >= 4 is 11.7 Å². The second kappa shape index (κ2) is 13.0. The average molecular weight is 475 g/mol. The number of anilines is 1. The first-order valence-electron chi connectivity index (χ1n) is 12.5. The summed E-state index contributed by atoms with van der Waals surface area (Å²) in [4.78, 5) is 12.5. The monoisotopic (exact) mass is 474 g/mol. The number of hydrogen-bond acceptors (Lipinski definition) is 5. The molecule has 5 heteroatoms. The van der Waals surface area contributed by atoms with Crippen molar-refractivity contribution < 1.29 is 14.6 Å². The van der Waals surface area contributed by atoms with E-state index in [1.54, 1.807) is 12.1 Å². The van der Waals surface area contributed by atoms with Crippen LogP contribution < -0.4 is 10.6 Å². The van der Waals surface area contributed by atoms with E-state index in [1.165, 1.54) is 16.8 Å². The zero-order chi connectivity index (χ0) is 25.2. The Morgan fingerprint density at radius 2 is 1.49 bits per heavy atom. The molecule has 186 valence electrons. The maximum Gasteiger partial charge on any atom is 0.342 e. The molecule has 3 rings (SSSR count). The molecule has 0 aliphatic carbocycles. The SMILES string of the molecule is CC(C)c1cccc(C(C)C)c1NCCNCCc1cccc(C(=O)OCc2ccccc2)c1O. The van der Waals surface area contributed by atoms with Crippen LogP contribution in [0.4, 0.5) is 5.69 Å². The van der Waals surface area contributed by atoms with Crippen molar-refractivity contribution in [3.8, 4) is 5.75 Å². The molecule has 0 unspecified atom stereocenters. The zero-order valence-corrected chi connectivity index (χ0v) is 21.3. The van der Waals surface area contributed by atoms with E-state index in [9.17, 15) is 9.90 Å². The van der Waals surface area contributed by atoms with E-state index in [-0.39, 0.29) is 17.9 Å². The smallest absolute Gasteiger partial charge is 0.342 e. The van der Waals surface area contributed by atoms with Crippen LogP contribution in [-0.4, -0.2) is 30.7 Å². The molecule has 0 heterocycles. The number of nitrogens with one attached hydrogen (secondary N) is 2. The van der Waals surface area contributed by atoms with Gasteiger partial charge in [-0.15, -0.1) is 0 Å². The molecule has 0 bridgehead atoms. The van der Waals surface area contributed by atoms with Crippen molar-refractivity contribution in [2.75, 3.05) is 25.0 Å². The van der Waals surface area contributed by atoms with E-state index in [0.717, 1.165) is 24.2 Å². The Morgan fingerprint density at radius 1 is 0.829 bits per heavy atom. The number of carbonyl (C=O) groups is 1. The van der Waals surface area contributed by atoms with Crippen LogP contribution in [0.1, 0.15) is 72.1 Å². The molecule has 5 nitrogen and oxygen atoms in total. The molecule has 0 aliphatic rings. The van der Waals surface area contributed by atoms with E-state index < -0.39 is 5.97 Å². The summed E-state index contributed by atoms with van der Waals surface area (Å²) in [7, 11) is 0. The molecule has 0 aromatic heterocycles. The normalized spacial score (nSPS) is 11.1. The molecule has 0 atom stereocenters. The number of phenols is 1. The lowest BCUT2D eigenvalue weighted by Gasteiger charge is -2.21. The average Bonchev–Trinajstić information content (AvgIpc) is 2.85. The summed E-state index contributed by atoms with van der Waals surface area (Å²) in [5, 5.41) is 17.7. The fourth-order valence-corrected chi connectivity index (χ4v) is 4.14. The minimum atomic E-state index is -0.518. The van der Waals surface area contributed by atoms with Crippen LogP contribution in [0.3, 0.4) is 0 Å². The van der Waals surface area contributed by atoms with Crippen molar-refractivity contribution in [3.63, 3.8) is 0 Å². The molecule has 0 saturated heterocycles. The van der Waals surface area contributed by atoms with Gasteiger partial charge >= 0.3 is 5.97 Å². The van der Waals surface area contributed by atoms with Crippen LogP contribution in [0.2, 0.25) is 0 Å². The van der Waals surface area contributed by atoms with Gasteiger partial charge in [0.05, 0.1) is 0 Å². The Kier molecular flexibility index (Phi) is 9.74. The summed E-state index contributed by atoms with van der Waals surface area (Å²) in [6, 6.07) is 21.3. The topological polar surface area (TPSA) is 70.6 Å². The van der Waals surface area contributed by atoms with Crippen LogP contribution in [0, 0.1) is 0 Å². The highest BCUT2D eigenvalue weighted by Crippen LogP contribution is 2.32. The number of benzene rings is 3. The lowest BCUT2D eigenvalue weighted by atomic mass is 9.92. The standard InChI is InChI=1S/C30H38N2O3/c1-21(2)25-13-9-14-26(22(3)4)28(25)32-19-18-31-17-16-24-12-8-15-27(29(24)33)30(34)35-20-23-10-6-5-7-11-23/h5-15,21-22,31-33H,16-20H2,1-4H3. The van der Waals surface area contributed by atoms with Crippen molar-refractivity contribution in [1.29, 1.82) is 0 Å². The number of phenolic OH excluding ortho intramolecular Hbond substituents is 1. The van der Waals surface area contributed by atoms with E-state index in [1.807, 2.05) is 36.4 Å². The Balaban J connectivity index is 1.49. The summed E-state index contributed by atoms with van der Waals surface area (Å²) >= 11 is 0. The molecule has 0 spiro atoms. The van der Waals surface area contributed by atoms with Crippen LogP contribution in [0.25, 0.3) is 0 Å². The minimum absolute atomic E-state index is 0.00192. The lowest BCUT2D eigenvalue weighted by molar-refractivity contribution is 0.0469. The minimum Gasteiger partial charge on any atom is -0.507 e. The van der Waals surface area contributed by atoms with Crippen LogP contribution in [0.5, 0.6) is 5.75 Å². The molecule has 35 heavy (non-hydrogen) atoms. The van der Waals surface area contributed by atoms with E-state index in [4.69, 9.17) is 4.74 Å².